The maximum absolute atomic E-state index is 15.4. The van der Waals surface area contributed by atoms with Crippen molar-refractivity contribution in [2.75, 3.05) is 13.2 Å². The number of hydrogen-bond acceptors (Lipinski definition) is 9. The number of carbonyl (C=O) groups is 1. The number of benzene rings is 1. The van der Waals surface area contributed by atoms with Crippen molar-refractivity contribution < 1.29 is 37.7 Å². The van der Waals surface area contributed by atoms with Gasteiger partial charge in [0.2, 0.25) is 0 Å². The van der Waals surface area contributed by atoms with Gasteiger partial charge in [-0.25, -0.2) is 9.18 Å². The molecule has 0 amide bonds. The predicted octanol–water partition coefficient (Wildman–Crippen LogP) is 2.48. The molecule has 6 atom stereocenters. The highest BCUT2D eigenvalue weighted by molar-refractivity contribution is 7.36. The number of hydroxylamine groups is 1. The fourth-order valence-electron chi connectivity index (χ4n) is 3.49. The molecule has 3 rings (SSSR count). The largest absolute Gasteiger partial charge is 0.465 e. The van der Waals surface area contributed by atoms with Gasteiger partial charge in [-0.2, -0.15) is 0 Å². The van der Waals surface area contributed by atoms with Crippen LogP contribution in [0.2, 0.25) is 10.0 Å². The zero-order valence-electron chi connectivity index (χ0n) is 19.9. The van der Waals surface area contributed by atoms with Crippen molar-refractivity contribution in [2.24, 2.45) is 0 Å². The molecule has 2 unspecified atom stereocenters. The molecule has 1 fully saturated rings. The summed E-state index contributed by atoms with van der Waals surface area (Å²) < 4.78 is 45.2. The summed E-state index contributed by atoms with van der Waals surface area (Å²) in [5, 5.41) is 10.9. The summed E-state index contributed by atoms with van der Waals surface area (Å²) in [5.41, 5.74) is -4.15. The second kappa shape index (κ2) is 12.1. The molecule has 2 N–H and O–H groups in total. The highest BCUT2D eigenvalue weighted by atomic mass is 35.5. The first kappa shape index (κ1) is 29.3. The van der Waals surface area contributed by atoms with Crippen molar-refractivity contribution >= 4 is 37.3 Å². The standard InChI is InChI=1S/C21H25Cl2FN3O9P/c1-4-33-18(30)11(2)27(37(32)36-14-6-5-12(22)9-13(14)23)34-10-15-17(29)21(3,24)19(35-15)26-8-7-16(28)25-20(26)31/h5-9,11,15,17,19,29,37H,4,10H2,1-3H3,(H,25,28,31)/t11?,15-,17-,19-,21-/m1/s1. The third-order valence-electron chi connectivity index (χ3n) is 5.45. The van der Waals surface area contributed by atoms with Crippen molar-refractivity contribution in [3.63, 3.8) is 0 Å². The van der Waals surface area contributed by atoms with Crippen molar-refractivity contribution in [1.82, 2.24) is 14.4 Å². The maximum atomic E-state index is 15.4. The summed E-state index contributed by atoms with van der Waals surface area (Å²) in [6.45, 7) is 3.34. The molecule has 12 nitrogen and oxygen atoms in total. The third kappa shape index (κ3) is 6.61. The van der Waals surface area contributed by atoms with Gasteiger partial charge in [0, 0.05) is 17.3 Å². The van der Waals surface area contributed by atoms with E-state index in [0.29, 0.717) is 9.86 Å². The molecule has 16 heteroatoms. The second-order valence-corrected chi connectivity index (χ2v) is 10.2. The van der Waals surface area contributed by atoms with Crippen LogP contribution in [0, 0.1) is 0 Å². The number of alkyl halides is 1. The fraction of sp³-hybridized carbons (Fsp3) is 0.476. The zero-order chi connectivity index (χ0) is 27.5. The Morgan fingerprint density at radius 2 is 2.08 bits per heavy atom. The average Bonchev–Trinajstić information content (AvgIpc) is 3.04. The number of ether oxygens (including phenoxy) is 2. The van der Waals surface area contributed by atoms with Crippen LogP contribution < -0.4 is 15.8 Å². The molecule has 1 saturated heterocycles. The number of aliphatic hydroxyl groups excluding tert-OH is 1. The molecular formula is C21H25Cl2FN3O9P. The van der Waals surface area contributed by atoms with E-state index in [0.717, 1.165) is 23.8 Å². The van der Waals surface area contributed by atoms with Gasteiger partial charge in [0.15, 0.2) is 11.9 Å². The van der Waals surface area contributed by atoms with Gasteiger partial charge in [0.25, 0.3) is 5.56 Å². The van der Waals surface area contributed by atoms with Crippen molar-refractivity contribution in [2.45, 2.75) is 50.9 Å². The number of carbonyl (C=O) groups excluding carboxylic acids is 1. The van der Waals surface area contributed by atoms with Crippen LogP contribution in [0.25, 0.3) is 0 Å². The van der Waals surface area contributed by atoms with E-state index in [1.165, 1.54) is 25.1 Å². The van der Waals surface area contributed by atoms with Gasteiger partial charge >= 0.3 is 19.8 Å². The first-order valence-corrected chi connectivity index (χ1v) is 13.0. The number of nitrogens with zero attached hydrogens (tertiary/aromatic N) is 2. The monoisotopic (exact) mass is 583 g/mol. The Labute approximate surface area is 220 Å². The summed E-state index contributed by atoms with van der Waals surface area (Å²) >= 11 is 11.9. The van der Waals surface area contributed by atoms with E-state index in [-0.39, 0.29) is 17.4 Å². The Morgan fingerprint density at radius 1 is 1.38 bits per heavy atom. The lowest BCUT2D eigenvalue weighted by molar-refractivity contribution is -0.180. The molecule has 2 aromatic rings. The molecule has 37 heavy (non-hydrogen) atoms. The van der Waals surface area contributed by atoms with Gasteiger partial charge in [-0.3, -0.25) is 28.5 Å². The molecule has 0 aliphatic carbocycles. The zero-order valence-corrected chi connectivity index (χ0v) is 22.4. The Morgan fingerprint density at radius 3 is 2.70 bits per heavy atom. The molecule has 1 aromatic heterocycles. The summed E-state index contributed by atoms with van der Waals surface area (Å²) in [6, 6.07) is 3.90. The molecule has 2 heterocycles. The van der Waals surface area contributed by atoms with Crippen LogP contribution in [-0.4, -0.2) is 62.6 Å². The Kier molecular flexibility index (Phi) is 9.57. The van der Waals surface area contributed by atoms with Crippen LogP contribution in [-0.2, 0) is 23.7 Å². The second-order valence-electron chi connectivity index (χ2n) is 8.13. The number of aromatic amines is 1. The first-order chi connectivity index (χ1) is 17.4. The lowest BCUT2D eigenvalue weighted by Gasteiger charge is -2.27. The van der Waals surface area contributed by atoms with Crippen LogP contribution in [0.3, 0.4) is 0 Å². The van der Waals surface area contributed by atoms with Crippen molar-refractivity contribution in [3.8, 4) is 5.75 Å². The molecule has 1 aliphatic rings. The van der Waals surface area contributed by atoms with Crippen LogP contribution in [0.1, 0.15) is 27.0 Å². The van der Waals surface area contributed by atoms with E-state index >= 15 is 4.39 Å². The number of esters is 1. The van der Waals surface area contributed by atoms with Gasteiger partial charge < -0.3 is 19.1 Å². The number of nitrogens with one attached hydrogen (secondary N) is 1. The minimum atomic E-state index is -3.38. The normalized spacial score (nSPS) is 25.1. The highest BCUT2D eigenvalue weighted by Crippen LogP contribution is 2.42. The Hall–Kier alpha value is -2.25. The van der Waals surface area contributed by atoms with Gasteiger partial charge in [-0.05, 0) is 39.0 Å². The number of halogens is 3. The summed E-state index contributed by atoms with van der Waals surface area (Å²) in [4.78, 5) is 44.1. The minimum Gasteiger partial charge on any atom is -0.465 e. The molecular weight excluding hydrogens is 559 g/mol. The predicted molar refractivity (Wildman–Crippen MR) is 131 cm³/mol. The molecule has 0 radical (unpaired) electrons. The van der Waals surface area contributed by atoms with Crippen LogP contribution >= 0.6 is 31.4 Å². The lowest BCUT2D eigenvalue weighted by atomic mass is 9.98. The number of aliphatic hydroxyl groups is 1. The molecule has 1 aromatic carbocycles. The fourth-order valence-corrected chi connectivity index (χ4v) is 5.06. The van der Waals surface area contributed by atoms with E-state index in [4.69, 9.17) is 42.0 Å². The average molecular weight is 584 g/mol. The SMILES string of the molecule is CCOC(=O)C(C)N(OC[C@H]1O[C@@H](n2ccc(=O)[nH]c2=O)[C@](C)(F)[C@@H]1O)[PH](=O)Oc1ccc(Cl)cc1Cl. The van der Waals surface area contributed by atoms with Gasteiger partial charge in [0.1, 0.15) is 24.0 Å². The molecule has 204 valence electrons. The van der Waals surface area contributed by atoms with E-state index in [9.17, 15) is 24.1 Å². The van der Waals surface area contributed by atoms with Crippen LogP contribution in [0.5, 0.6) is 5.75 Å². The molecule has 0 bridgehead atoms. The Bertz CT molecular complexity index is 1270. The smallest absolute Gasteiger partial charge is 0.331 e. The third-order valence-corrected chi connectivity index (χ3v) is 7.25. The van der Waals surface area contributed by atoms with Gasteiger partial charge in [-0.15, -0.1) is 0 Å². The van der Waals surface area contributed by atoms with Gasteiger partial charge in [-0.1, -0.05) is 28.0 Å². The minimum absolute atomic E-state index is 0.00870. The summed E-state index contributed by atoms with van der Waals surface area (Å²) in [6.07, 6.45) is -3.80. The van der Waals surface area contributed by atoms with Crippen LogP contribution in [0.4, 0.5) is 4.39 Å². The van der Waals surface area contributed by atoms with Crippen LogP contribution in [0.15, 0.2) is 40.1 Å². The topological polar surface area (TPSA) is 149 Å². The molecule has 0 saturated carbocycles. The van der Waals surface area contributed by atoms with E-state index in [2.05, 4.69) is 0 Å². The lowest BCUT2D eigenvalue weighted by Crippen LogP contribution is -2.44. The van der Waals surface area contributed by atoms with Gasteiger partial charge in [0.05, 0.1) is 18.2 Å². The van der Waals surface area contributed by atoms with E-state index in [1.54, 1.807) is 6.92 Å². The highest BCUT2D eigenvalue weighted by Gasteiger charge is 2.55. The molecule has 0 spiro atoms. The number of aromatic nitrogens is 2. The number of hydrogen-bond donors (Lipinski definition) is 2. The van der Waals surface area contributed by atoms with Crippen molar-refractivity contribution in [3.05, 3.63) is 61.3 Å². The van der Waals surface area contributed by atoms with E-state index < -0.39 is 62.2 Å². The quantitative estimate of drug-likeness (QED) is 0.242. The summed E-state index contributed by atoms with van der Waals surface area (Å²) in [7, 11) is -3.38. The number of H-pyrrole nitrogens is 1. The molecule has 1 aliphatic heterocycles. The Balaban J connectivity index is 1.81. The maximum Gasteiger partial charge on any atom is 0.331 e. The first-order valence-electron chi connectivity index (χ1n) is 11.0. The summed E-state index contributed by atoms with van der Waals surface area (Å²) in [5.74, 6) is -0.807. The van der Waals surface area contributed by atoms with Crippen molar-refractivity contribution in [1.29, 1.82) is 0 Å². The number of rotatable bonds is 10. The van der Waals surface area contributed by atoms with E-state index in [1.807, 2.05) is 4.98 Å².